The molecule has 1 nitrogen and oxygen atoms in total. The van der Waals surface area contributed by atoms with E-state index in [2.05, 4.69) is 33.9 Å². The van der Waals surface area contributed by atoms with E-state index in [-0.39, 0.29) is 0 Å². The highest BCUT2D eigenvalue weighted by atomic mass is 79.9. The van der Waals surface area contributed by atoms with E-state index >= 15 is 0 Å². The Morgan fingerprint density at radius 1 is 0.630 bits per heavy atom. The van der Waals surface area contributed by atoms with Gasteiger partial charge in [-0.2, -0.15) is 0 Å². The van der Waals surface area contributed by atoms with Crippen LogP contribution in [0.2, 0.25) is 0 Å². The van der Waals surface area contributed by atoms with Crippen LogP contribution in [0.5, 0.6) is 0 Å². The summed E-state index contributed by atoms with van der Waals surface area (Å²) < 4.78 is 1.16. The molecule has 0 saturated heterocycles. The Morgan fingerprint density at radius 2 is 1.04 bits per heavy atom. The van der Waals surface area contributed by atoms with Crippen LogP contribution in [0.15, 0.2) is 22.8 Å². The second kappa shape index (κ2) is 19.0. The largest absolute Gasteiger partial charge is 0.260 e. The monoisotopic (exact) mass is 437 g/mol. The lowest BCUT2D eigenvalue weighted by molar-refractivity contribution is 0.525. The fraction of sp³-hybridized carbons (Fsp3) is 0.800. The molecular weight excluding hydrogens is 394 g/mol. The topological polar surface area (TPSA) is 12.9 Å². The van der Waals surface area contributed by atoms with E-state index in [4.69, 9.17) is 0 Å². The van der Waals surface area contributed by atoms with Crippen LogP contribution in [0.4, 0.5) is 0 Å². The Bertz CT molecular complexity index is 432. The van der Waals surface area contributed by atoms with Gasteiger partial charge < -0.3 is 0 Å². The Labute approximate surface area is 178 Å². The van der Waals surface area contributed by atoms with Crippen LogP contribution >= 0.6 is 15.9 Å². The number of hydrogen-bond acceptors (Lipinski definition) is 1. The van der Waals surface area contributed by atoms with Crippen molar-refractivity contribution >= 4 is 15.9 Å². The number of hydrogen-bond donors (Lipinski definition) is 0. The summed E-state index contributed by atoms with van der Waals surface area (Å²) in [7, 11) is 0. The Balaban J connectivity index is 1.73. The van der Waals surface area contributed by atoms with Crippen molar-refractivity contribution in [2.75, 3.05) is 0 Å². The van der Waals surface area contributed by atoms with E-state index in [1.165, 1.54) is 121 Å². The lowest BCUT2D eigenvalue weighted by atomic mass is 10.0. The third kappa shape index (κ3) is 15.3. The molecule has 0 aliphatic carbocycles. The zero-order valence-electron chi connectivity index (χ0n) is 18.0. The maximum Gasteiger partial charge on any atom is 0.0545 e. The summed E-state index contributed by atoms with van der Waals surface area (Å²) in [5.41, 5.74) is 1.22. The van der Waals surface area contributed by atoms with Crippen molar-refractivity contribution in [2.24, 2.45) is 0 Å². The van der Waals surface area contributed by atoms with Gasteiger partial charge in [0.2, 0.25) is 0 Å². The normalized spacial score (nSPS) is 11.2. The van der Waals surface area contributed by atoms with E-state index in [0.29, 0.717) is 0 Å². The molecular formula is C25H44BrN. The maximum absolute atomic E-state index is 4.45. The first-order chi connectivity index (χ1) is 13.3. The molecule has 0 amide bonds. The summed E-state index contributed by atoms with van der Waals surface area (Å²) in [6.45, 7) is 2.30. The molecule has 0 aliphatic rings. The van der Waals surface area contributed by atoms with Gasteiger partial charge in [-0.3, -0.25) is 4.98 Å². The molecule has 1 rings (SSSR count). The molecule has 156 valence electrons. The molecule has 0 N–H and O–H groups in total. The first kappa shape index (κ1) is 24.7. The van der Waals surface area contributed by atoms with Crippen LogP contribution in [-0.4, -0.2) is 4.98 Å². The first-order valence-electron chi connectivity index (χ1n) is 11.9. The average Bonchev–Trinajstić information content (AvgIpc) is 2.68. The molecule has 0 fully saturated rings. The van der Waals surface area contributed by atoms with Gasteiger partial charge in [0.1, 0.15) is 0 Å². The highest BCUT2D eigenvalue weighted by Gasteiger charge is 2.00. The van der Waals surface area contributed by atoms with Crippen LogP contribution in [0.25, 0.3) is 0 Å². The Hall–Kier alpha value is -0.370. The number of pyridine rings is 1. The second-order valence-corrected chi connectivity index (χ2v) is 9.05. The third-order valence-electron chi connectivity index (χ3n) is 5.60. The van der Waals surface area contributed by atoms with E-state index < -0.39 is 0 Å². The first-order valence-corrected chi connectivity index (χ1v) is 12.7. The number of rotatable bonds is 19. The summed E-state index contributed by atoms with van der Waals surface area (Å²) in [6, 6.07) is 4.08. The summed E-state index contributed by atoms with van der Waals surface area (Å²) >= 11 is 3.59. The van der Waals surface area contributed by atoms with Crippen LogP contribution in [0, 0.1) is 0 Å². The minimum atomic E-state index is 1.11. The molecule has 2 heteroatoms. The standard InChI is InChI=1S/C25H44BrN/c1-2-3-4-5-6-7-8-9-10-11-12-13-14-15-16-17-18-19-22-25-24(26)21-20-23-27-25/h20-21,23H,2-19,22H2,1H3. The molecule has 0 bridgehead atoms. The fourth-order valence-corrected chi connectivity index (χ4v) is 4.25. The van der Waals surface area contributed by atoms with Crippen LogP contribution < -0.4 is 0 Å². The van der Waals surface area contributed by atoms with E-state index in [0.717, 1.165) is 10.9 Å². The number of aryl methyl sites for hydroxylation is 1. The third-order valence-corrected chi connectivity index (χ3v) is 6.32. The van der Waals surface area contributed by atoms with Gasteiger partial charge >= 0.3 is 0 Å². The molecule has 0 saturated carbocycles. The van der Waals surface area contributed by atoms with Gasteiger partial charge in [0.25, 0.3) is 0 Å². The van der Waals surface area contributed by atoms with E-state index in [1.807, 2.05) is 12.3 Å². The van der Waals surface area contributed by atoms with Gasteiger partial charge in [0, 0.05) is 10.7 Å². The van der Waals surface area contributed by atoms with Crippen molar-refractivity contribution in [2.45, 2.75) is 129 Å². The highest BCUT2D eigenvalue weighted by molar-refractivity contribution is 9.10. The van der Waals surface area contributed by atoms with Gasteiger partial charge in [-0.15, -0.1) is 0 Å². The van der Waals surface area contributed by atoms with Crippen LogP contribution in [0.3, 0.4) is 0 Å². The lowest BCUT2D eigenvalue weighted by Gasteiger charge is -2.04. The van der Waals surface area contributed by atoms with Gasteiger partial charge in [0.15, 0.2) is 0 Å². The molecule has 1 aromatic heterocycles. The Morgan fingerprint density at radius 3 is 1.44 bits per heavy atom. The quantitative estimate of drug-likeness (QED) is 0.196. The van der Waals surface area contributed by atoms with E-state index in [1.54, 1.807) is 0 Å². The van der Waals surface area contributed by atoms with Gasteiger partial charge in [-0.25, -0.2) is 0 Å². The predicted octanol–water partition coefficient (Wildman–Crippen LogP) is 9.43. The SMILES string of the molecule is CCCCCCCCCCCCCCCCCCCCc1ncccc1Br. The number of halogens is 1. The maximum atomic E-state index is 4.45. The summed E-state index contributed by atoms with van der Waals surface area (Å²) in [5.74, 6) is 0. The highest BCUT2D eigenvalue weighted by Crippen LogP contribution is 2.17. The van der Waals surface area contributed by atoms with Gasteiger partial charge in [-0.1, -0.05) is 116 Å². The molecule has 27 heavy (non-hydrogen) atoms. The second-order valence-electron chi connectivity index (χ2n) is 8.19. The van der Waals surface area contributed by atoms with Crippen LogP contribution in [0.1, 0.15) is 128 Å². The number of aromatic nitrogens is 1. The summed E-state index contributed by atoms with van der Waals surface area (Å²) in [5, 5.41) is 0. The molecule has 0 atom stereocenters. The van der Waals surface area contributed by atoms with Crippen molar-refractivity contribution in [3.8, 4) is 0 Å². The number of nitrogens with zero attached hydrogens (tertiary/aromatic N) is 1. The number of unbranched alkanes of at least 4 members (excludes halogenated alkanes) is 17. The Kier molecular flexibility index (Phi) is 17.3. The molecule has 0 aliphatic heterocycles. The van der Waals surface area contributed by atoms with Crippen molar-refractivity contribution in [1.82, 2.24) is 4.98 Å². The minimum Gasteiger partial charge on any atom is -0.260 e. The fourth-order valence-electron chi connectivity index (χ4n) is 3.80. The molecule has 1 heterocycles. The average molecular weight is 439 g/mol. The zero-order chi connectivity index (χ0) is 19.4. The van der Waals surface area contributed by atoms with E-state index in [9.17, 15) is 0 Å². The molecule has 1 aromatic rings. The summed E-state index contributed by atoms with van der Waals surface area (Å²) in [6.07, 6.45) is 28.8. The lowest BCUT2D eigenvalue weighted by Crippen LogP contribution is -1.91. The molecule has 0 radical (unpaired) electrons. The van der Waals surface area contributed by atoms with Crippen molar-refractivity contribution in [3.05, 3.63) is 28.5 Å². The zero-order valence-corrected chi connectivity index (χ0v) is 19.6. The predicted molar refractivity (Wildman–Crippen MR) is 124 cm³/mol. The van der Waals surface area contributed by atoms with Crippen molar-refractivity contribution in [3.63, 3.8) is 0 Å². The van der Waals surface area contributed by atoms with Gasteiger partial charge in [-0.05, 0) is 40.9 Å². The molecule has 0 aromatic carbocycles. The minimum absolute atomic E-state index is 1.11. The van der Waals surface area contributed by atoms with Crippen LogP contribution in [-0.2, 0) is 6.42 Å². The van der Waals surface area contributed by atoms with Crippen molar-refractivity contribution < 1.29 is 0 Å². The smallest absolute Gasteiger partial charge is 0.0545 e. The van der Waals surface area contributed by atoms with Gasteiger partial charge in [0.05, 0.1) is 5.69 Å². The molecule has 0 spiro atoms. The summed E-state index contributed by atoms with van der Waals surface area (Å²) in [4.78, 5) is 4.45. The van der Waals surface area contributed by atoms with Crippen molar-refractivity contribution in [1.29, 1.82) is 0 Å². The molecule has 0 unspecified atom stereocenters.